The average Bonchev–Trinajstić information content (AvgIpc) is 3.53. The topological polar surface area (TPSA) is 38.1 Å². The van der Waals surface area contributed by atoms with Crippen molar-refractivity contribution in [1.82, 2.24) is 9.55 Å². The number of carbonyl (C=O) groups excluding carboxylic acids is 1. The van der Waals surface area contributed by atoms with Crippen LogP contribution < -0.4 is 4.90 Å². The fourth-order valence-corrected chi connectivity index (χ4v) is 6.79. The van der Waals surface area contributed by atoms with E-state index in [0.717, 1.165) is 23.6 Å². The molecule has 0 aliphatic carbocycles. The molecule has 4 nitrogen and oxygen atoms in total. The Morgan fingerprint density at radius 2 is 1.24 bits per heavy atom. The smallest absolute Gasteiger partial charge is 0.227 e. The third kappa shape index (κ3) is 8.93. The minimum atomic E-state index is 0.134. The van der Waals surface area contributed by atoms with Crippen molar-refractivity contribution < 1.29 is 4.79 Å². The van der Waals surface area contributed by atoms with Crippen molar-refractivity contribution in [3.05, 3.63) is 59.4 Å². The van der Waals surface area contributed by atoms with Gasteiger partial charge in [-0.2, -0.15) is 0 Å². The minimum absolute atomic E-state index is 0.134. The zero-order chi connectivity index (χ0) is 28.9. The number of anilines is 1. The molecule has 0 bridgehead atoms. The van der Waals surface area contributed by atoms with Gasteiger partial charge in [0.1, 0.15) is 5.82 Å². The number of fused-ring (bicyclic) bond motifs is 1. The van der Waals surface area contributed by atoms with Gasteiger partial charge in [0, 0.05) is 31.1 Å². The fraction of sp³-hybridized carbons (Fsp3) is 0.622. The average molecular weight is 558 g/mol. The van der Waals surface area contributed by atoms with E-state index >= 15 is 0 Å². The van der Waals surface area contributed by atoms with Gasteiger partial charge in [-0.15, -0.1) is 0 Å². The van der Waals surface area contributed by atoms with Gasteiger partial charge < -0.3 is 9.47 Å². The molecule has 1 aromatic heterocycles. The Kier molecular flexibility index (Phi) is 12.8. The third-order valence-electron chi connectivity index (χ3n) is 9.12. The van der Waals surface area contributed by atoms with Crippen LogP contribution in [0, 0.1) is 13.8 Å². The first-order valence-corrected chi connectivity index (χ1v) is 16.9. The van der Waals surface area contributed by atoms with E-state index in [9.17, 15) is 4.79 Å². The molecular weight excluding hydrogens is 502 g/mol. The van der Waals surface area contributed by atoms with E-state index in [2.05, 4.69) is 67.8 Å². The maximum atomic E-state index is 13.2. The largest absolute Gasteiger partial charge is 0.328 e. The molecule has 0 N–H and O–H groups in total. The highest BCUT2D eigenvalue weighted by Crippen LogP contribution is 2.36. The number of aryl methyl sites for hydroxylation is 3. The van der Waals surface area contributed by atoms with Crippen molar-refractivity contribution in [3.63, 3.8) is 0 Å². The van der Waals surface area contributed by atoms with Crippen molar-refractivity contribution >= 4 is 22.6 Å². The summed E-state index contributed by atoms with van der Waals surface area (Å²) in [6.45, 7) is 8.21. The molecule has 3 aromatic rings. The molecule has 4 rings (SSSR count). The van der Waals surface area contributed by atoms with Crippen molar-refractivity contribution in [1.29, 1.82) is 0 Å². The number of imidazole rings is 1. The van der Waals surface area contributed by atoms with E-state index in [-0.39, 0.29) is 11.8 Å². The highest BCUT2D eigenvalue weighted by Gasteiger charge is 2.35. The molecule has 1 atom stereocenters. The Balaban J connectivity index is 1.19. The summed E-state index contributed by atoms with van der Waals surface area (Å²) in [6, 6.07) is 14.8. The van der Waals surface area contributed by atoms with Crippen LogP contribution in [0.5, 0.6) is 0 Å². The van der Waals surface area contributed by atoms with Crippen LogP contribution in [0.15, 0.2) is 42.5 Å². The van der Waals surface area contributed by atoms with Gasteiger partial charge in [-0.3, -0.25) is 4.79 Å². The van der Waals surface area contributed by atoms with Crippen molar-refractivity contribution in [2.24, 2.45) is 0 Å². The molecule has 0 spiro atoms. The van der Waals surface area contributed by atoms with Crippen molar-refractivity contribution in [3.8, 4) is 0 Å². The van der Waals surface area contributed by atoms with E-state index in [1.807, 2.05) is 4.90 Å². The number of nitrogens with zero attached hydrogens (tertiary/aromatic N) is 3. The number of hydrogen-bond donors (Lipinski definition) is 0. The molecule has 1 fully saturated rings. The van der Waals surface area contributed by atoms with Gasteiger partial charge in [-0.25, -0.2) is 4.98 Å². The highest BCUT2D eigenvalue weighted by molar-refractivity contribution is 5.98. The molecule has 1 saturated heterocycles. The summed E-state index contributed by atoms with van der Waals surface area (Å²) in [4.78, 5) is 20.3. The molecule has 1 unspecified atom stereocenters. The molecule has 0 radical (unpaired) electrons. The van der Waals surface area contributed by atoms with E-state index in [0.29, 0.717) is 13.0 Å². The van der Waals surface area contributed by atoms with Gasteiger partial charge in [-0.1, -0.05) is 134 Å². The Morgan fingerprint density at radius 3 is 1.83 bits per heavy atom. The van der Waals surface area contributed by atoms with Crippen LogP contribution in [0.1, 0.15) is 139 Å². The summed E-state index contributed by atoms with van der Waals surface area (Å²) in [6.07, 6.45) is 22.7. The quantitative estimate of drug-likeness (QED) is 0.137. The molecular formula is C37H55N3O. The number of carbonyl (C=O) groups is 1. The molecule has 4 heteroatoms. The summed E-state index contributed by atoms with van der Waals surface area (Å²) >= 11 is 0. The Labute approximate surface area is 249 Å². The van der Waals surface area contributed by atoms with Crippen molar-refractivity contribution in [2.75, 3.05) is 11.4 Å². The lowest BCUT2D eigenvalue weighted by molar-refractivity contribution is -0.117. The van der Waals surface area contributed by atoms with Gasteiger partial charge in [-0.05, 0) is 43.5 Å². The minimum Gasteiger partial charge on any atom is -0.328 e. The first-order chi connectivity index (χ1) is 20.1. The van der Waals surface area contributed by atoms with Crippen LogP contribution >= 0.6 is 0 Å². The monoisotopic (exact) mass is 557 g/mol. The molecule has 1 amide bonds. The van der Waals surface area contributed by atoms with Crippen LogP contribution in [0.2, 0.25) is 0 Å². The van der Waals surface area contributed by atoms with Crippen LogP contribution in [-0.4, -0.2) is 22.0 Å². The number of para-hydroxylation sites is 3. The normalized spacial score (nSPS) is 15.4. The lowest BCUT2D eigenvalue weighted by Gasteiger charge is -2.21. The van der Waals surface area contributed by atoms with Crippen LogP contribution in [-0.2, 0) is 11.3 Å². The number of amides is 1. The summed E-state index contributed by atoms with van der Waals surface area (Å²) < 4.78 is 2.42. The SMILES string of the molecule is CCCCCCCCCCCCCCCCCCn1c(C2CC(=O)N(c3c(C)cccc3C)C2)nc2ccccc21. The first-order valence-electron chi connectivity index (χ1n) is 16.9. The molecule has 0 saturated carbocycles. The molecule has 2 heterocycles. The number of hydrogen-bond acceptors (Lipinski definition) is 2. The molecule has 41 heavy (non-hydrogen) atoms. The Morgan fingerprint density at radius 1 is 0.707 bits per heavy atom. The summed E-state index contributed by atoms with van der Waals surface area (Å²) in [5.41, 5.74) is 5.68. The van der Waals surface area contributed by atoms with E-state index in [1.54, 1.807) is 0 Å². The van der Waals surface area contributed by atoms with E-state index < -0.39 is 0 Å². The highest BCUT2D eigenvalue weighted by atomic mass is 16.2. The number of benzene rings is 2. The second-order valence-corrected chi connectivity index (χ2v) is 12.6. The van der Waals surface area contributed by atoms with Gasteiger partial charge >= 0.3 is 0 Å². The molecule has 2 aromatic carbocycles. The predicted molar refractivity (Wildman–Crippen MR) is 175 cm³/mol. The van der Waals surface area contributed by atoms with E-state index in [1.165, 1.54) is 119 Å². The number of rotatable bonds is 19. The lowest BCUT2D eigenvalue weighted by Crippen LogP contribution is -2.26. The molecule has 1 aliphatic heterocycles. The summed E-state index contributed by atoms with van der Waals surface area (Å²) in [5.74, 6) is 1.44. The van der Waals surface area contributed by atoms with Crippen LogP contribution in [0.4, 0.5) is 5.69 Å². The second-order valence-electron chi connectivity index (χ2n) is 12.6. The number of unbranched alkanes of at least 4 members (excludes halogenated alkanes) is 15. The molecule has 224 valence electrons. The van der Waals surface area contributed by atoms with Crippen molar-refractivity contribution in [2.45, 2.75) is 142 Å². The Hall–Kier alpha value is -2.62. The summed E-state index contributed by atoms with van der Waals surface area (Å²) in [7, 11) is 0. The summed E-state index contributed by atoms with van der Waals surface area (Å²) in [5, 5.41) is 0. The maximum absolute atomic E-state index is 13.2. The van der Waals surface area contributed by atoms with Gasteiger partial charge in [0.2, 0.25) is 5.91 Å². The first kappa shape index (κ1) is 31.3. The van der Waals surface area contributed by atoms with Crippen LogP contribution in [0.25, 0.3) is 11.0 Å². The standard InChI is InChI=1S/C37H55N3O/c1-4-5-6-7-8-9-10-11-12-13-14-15-16-17-18-21-27-39-34-26-20-19-25-33(34)38-37(39)32-28-35(41)40(29-32)36-30(2)23-22-24-31(36)3/h19-20,22-26,32H,4-18,21,27-29H2,1-3H3. The van der Waals surface area contributed by atoms with Crippen LogP contribution in [0.3, 0.4) is 0 Å². The Bertz CT molecular complexity index is 1190. The molecule has 1 aliphatic rings. The maximum Gasteiger partial charge on any atom is 0.227 e. The zero-order valence-electron chi connectivity index (χ0n) is 26.3. The van der Waals surface area contributed by atoms with Gasteiger partial charge in [0.15, 0.2) is 0 Å². The zero-order valence-corrected chi connectivity index (χ0v) is 26.3. The second kappa shape index (κ2) is 16.7. The third-order valence-corrected chi connectivity index (χ3v) is 9.12. The van der Waals surface area contributed by atoms with Gasteiger partial charge in [0.05, 0.1) is 11.0 Å². The number of aromatic nitrogens is 2. The lowest BCUT2D eigenvalue weighted by atomic mass is 10.0. The predicted octanol–water partition coefficient (Wildman–Crippen LogP) is 10.4. The fourth-order valence-electron chi connectivity index (χ4n) is 6.79. The van der Waals surface area contributed by atoms with Gasteiger partial charge in [0.25, 0.3) is 0 Å². The van der Waals surface area contributed by atoms with E-state index in [4.69, 9.17) is 4.98 Å².